The van der Waals surface area contributed by atoms with Gasteiger partial charge in [0, 0.05) is 18.7 Å². The van der Waals surface area contributed by atoms with Gasteiger partial charge < -0.3 is 15.4 Å². The molecule has 1 saturated heterocycles. The van der Waals surface area contributed by atoms with Gasteiger partial charge in [0.2, 0.25) is 0 Å². The summed E-state index contributed by atoms with van der Waals surface area (Å²) in [5.74, 6) is -1.89. The quantitative estimate of drug-likeness (QED) is 0.815. The van der Waals surface area contributed by atoms with Gasteiger partial charge in [-0.25, -0.2) is 8.78 Å². The van der Waals surface area contributed by atoms with Crippen LogP contribution in [0.4, 0.5) is 14.5 Å². The highest BCUT2D eigenvalue weighted by Gasteiger charge is 2.20. The molecule has 1 aliphatic heterocycles. The van der Waals surface area contributed by atoms with E-state index in [1.54, 1.807) is 4.90 Å². The first kappa shape index (κ1) is 12.2. The van der Waals surface area contributed by atoms with Gasteiger partial charge in [0.1, 0.15) is 4.99 Å². The van der Waals surface area contributed by atoms with E-state index in [4.69, 9.17) is 10.5 Å². The van der Waals surface area contributed by atoms with Crippen LogP contribution in [0.2, 0.25) is 0 Å². The lowest BCUT2D eigenvalue weighted by atomic mass is 10.1. The van der Waals surface area contributed by atoms with Crippen LogP contribution in [0, 0.1) is 11.6 Å². The first-order valence-corrected chi connectivity index (χ1v) is 5.62. The number of nitrogens with zero attached hydrogens (tertiary/aromatic N) is 1. The van der Waals surface area contributed by atoms with E-state index in [0.717, 1.165) is 0 Å². The van der Waals surface area contributed by atoms with Crippen molar-refractivity contribution in [2.24, 2.45) is 5.73 Å². The number of hydrogen-bond donors (Lipinski definition) is 1. The van der Waals surface area contributed by atoms with Crippen LogP contribution in [0.1, 0.15) is 5.56 Å². The van der Waals surface area contributed by atoms with Crippen LogP contribution >= 0.6 is 12.2 Å². The molecule has 0 bridgehead atoms. The second-order valence-electron chi connectivity index (χ2n) is 3.72. The Bertz CT molecular complexity index is 447. The van der Waals surface area contributed by atoms with Crippen LogP contribution in [0.5, 0.6) is 0 Å². The average Bonchev–Trinajstić information content (AvgIpc) is 2.33. The number of anilines is 1. The molecule has 0 aliphatic carbocycles. The molecule has 1 aromatic carbocycles. The van der Waals surface area contributed by atoms with E-state index < -0.39 is 11.6 Å². The predicted octanol–water partition coefficient (Wildman–Crippen LogP) is 1.44. The summed E-state index contributed by atoms with van der Waals surface area (Å²) in [6.45, 7) is 2.11. The molecule has 17 heavy (non-hydrogen) atoms. The first-order valence-electron chi connectivity index (χ1n) is 5.21. The maximum Gasteiger partial charge on any atom is 0.182 e. The van der Waals surface area contributed by atoms with Gasteiger partial charge in [-0.1, -0.05) is 12.2 Å². The number of rotatable bonds is 2. The zero-order valence-electron chi connectivity index (χ0n) is 9.08. The van der Waals surface area contributed by atoms with Gasteiger partial charge in [0.25, 0.3) is 0 Å². The van der Waals surface area contributed by atoms with Gasteiger partial charge in [-0.3, -0.25) is 0 Å². The third-order valence-corrected chi connectivity index (χ3v) is 2.90. The van der Waals surface area contributed by atoms with Crippen LogP contribution in [0.3, 0.4) is 0 Å². The maximum absolute atomic E-state index is 13.8. The van der Waals surface area contributed by atoms with Crippen molar-refractivity contribution in [2.45, 2.75) is 0 Å². The minimum atomic E-state index is -0.985. The van der Waals surface area contributed by atoms with Gasteiger partial charge in [0.05, 0.1) is 18.9 Å². The van der Waals surface area contributed by atoms with Gasteiger partial charge in [0.15, 0.2) is 11.6 Å². The zero-order valence-corrected chi connectivity index (χ0v) is 9.90. The van der Waals surface area contributed by atoms with Gasteiger partial charge >= 0.3 is 0 Å². The van der Waals surface area contributed by atoms with Crippen molar-refractivity contribution in [1.82, 2.24) is 0 Å². The average molecular weight is 258 g/mol. The van der Waals surface area contributed by atoms with E-state index in [1.165, 1.54) is 12.1 Å². The smallest absolute Gasteiger partial charge is 0.182 e. The molecule has 0 spiro atoms. The highest BCUT2D eigenvalue weighted by atomic mass is 32.1. The van der Waals surface area contributed by atoms with Crippen molar-refractivity contribution in [1.29, 1.82) is 0 Å². The molecule has 1 aromatic rings. The Morgan fingerprint density at radius 1 is 1.24 bits per heavy atom. The lowest BCUT2D eigenvalue weighted by molar-refractivity contribution is 0.122. The number of hydrogen-bond acceptors (Lipinski definition) is 3. The Hall–Kier alpha value is -1.27. The number of nitrogens with two attached hydrogens (primary N) is 1. The molecule has 1 fully saturated rings. The standard InChI is InChI=1S/C11H12F2N2OS/c12-9-7(11(14)17)1-2-8(10(9)13)15-3-5-16-6-4-15/h1-2H,3-6H2,(H2,14,17). The van der Waals surface area contributed by atoms with Crippen molar-refractivity contribution < 1.29 is 13.5 Å². The molecule has 3 nitrogen and oxygen atoms in total. The maximum atomic E-state index is 13.8. The molecule has 6 heteroatoms. The van der Waals surface area contributed by atoms with Crippen LogP contribution in [-0.4, -0.2) is 31.3 Å². The molecule has 0 saturated carbocycles. The van der Waals surface area contributed by atoms with Crippen LogP contribution in [-0.2, 0) is 4.74 Å². The zero-order chi connectivity index (χ0) is 12.4. The van der Waals surface area contributed by atoms with Gasteiger partial charge in [-0.15, -0.1) is 0 Å². The summed E-state index contributed by atoms with van der Waals surface area (Å²) in [6, 6.07) is 2.91. The highest BCUT2D eigenvalue weighted by Crippen LogP contribution is 2.24. The molecule has 0 amide bonds. The van der Waals surface area contributed by atoms with Gasteiger partial charge in [-0.2, -0.15) is 0 Å². The summed E-state index contributed by atoms with van der Waals surface area (Å²) in [7, 11) is 0. The minimum absolute atomic E-state index is 0.0606. The first-order chi connectivity index (χ1) is 8.11. The number of ether oxygens (including phenoxy) is 1. The fraction of sp³-hybridized carbons (Fsp3) is 0.364. The van der Waals surface area contributed by atoms with E-state index in [0.29, 0.717) is 26.3 Å². The van der Waals surface area contributed by atoms with E-state index in [1.807, 2.05) is 0 Å². The molecule has 0 radical (unpaired) electrons. The Kier molecular flexibility index (Phi) is 3.54. The summed E-state index contributed by atoms with van der Waals surface area (Å²) >= 11 is 4.65. The largest absolute Gasteiger partial charge is 0.389 e. The Morgan fingerprint density at radius 2 is 1.88 bits per heavy atom. The number of morpholine rings is 1. The summed E-state index contributed by atoms with van der Waals surface area (Å²) in [5, 5.41) is 0. The summed E-state index contributed by atoms with van der Waals surface area (Å²) < 4.78 is 32.7. The molecule has 0 atom stereocenters. The molecule has 92 valence electrons. The molecule has 2 N–H and O–H groups in total. The van der Waals surface area contributed by atoms with Crippen molar-refractivity contribution in [3.63, 3.8) is 0 Å². The molecule has 0 unspecified atom stereocenters. The van der Waals surface area contributed by atoms with Crippen LogP contribution in [0.15, 0.2) is 12.1 Å². The summed E-state index contributed by atoms with van der Waals surface area (Å²) in [5.41, 5.74) is 5.47. The van der Waals surface area contributed by atoms with E-state index >= 15 is 0 Å². The molecular formula is C11H12F2N2OS. The van der Waals surface area contributed by atoms with E-state index in [-0.39, 0.29) is 16.2 Å². The van der Waals surface area contributed by atoms with Crippen molar-refractivity contribution in [3.05, 3.63) is 29.3 Å². The fourth-order valence-corrected chi connectivity index (χ4v) is 1.94. The number of thiocarbonyl (C=S) groups is 1. The Morgan fingerprint density at radius 3 is 2.47 bits per heavy atom. The van der Waals surface area contributed by atoms with Crippen LogP contribution < -0.4 is 10.6 Å². The molecule has 1 heterocycles. The second kappa shape index (κ2) is 4.93. The topological polar surface area (TPSA) is 38.5 Å². The predicted molar refractivity (Wildman–Crippen MR) is 65.3 cm³/mol. The molecular weight excluding hydrogens is 246 g/mol. The monoisotopic (exact) mass is 258 g/mol. The Balaban J connectivity index is 2.36. The number of benzene rings is 1. The van der Waals surface area contributed by atoms with E-state index in [2.05, 4.69) is 12.2 Å². The SMILES string of the molecule is NC(=S)c1ccc(N2CCOCC2)c(F)c1F. The summed E-state index contributed by atoms with van der Waals surface area (Å²) in [4.78, 5) is 1.60. The minimum Gasteiger partial charge on any atom is -0.389 e. The highest BCUT2D eigenvalue weighted by molar-refractivity contribution is 7.80. The van der Waals surface area contributed by atoms with Gasteiger partial charge in [-0.05, 0) is 12.1 Å². The summed E-state index contributed by atoms with van der Waals surface area (Å²) in [6.07, 6.45) is 0. The van der Waals surface area contributed by atoms with Crippen molar-refractivity contribution >= 4 is 22.9 Å². The Labute approximate surface area is 103 Å². The number of halogens is 2. The normalized spacial score (nSPS) is 16.0. The van der Waals surface area contributed by atoms with Crippen molar-refractivity contribution in [2.75, 3.05) is 31.2 Å². The molecule has 0 aromatic heterocycles. The molecule has 1 aliphatic rings. The second-order valence-corrected chi connectivity index (χ2v) is 4.16. The lowest BCUT2D eigenvalue weighted by Gasteiger charge is -2.29. The lowest BCUT2D eigenvalue weighted by Crippen LogP contribution is -2.37. The molecule has 2 rings (SSSR count). The third-order valence-electron chi connectivity index (χ3n) is 2.68. The van der Waals surface area contributed by atoms with Crippen molar-refractivity contribution in [3.8, 4) is 0 Å². The fourth-order valence-electron chi connectivity index (χ4n) is 1.78. The van der Waals surface area contributed by atoms with Crippen LogP contribution in [0.25, 0.3) is 0 Å². The van der Waals surface area contributed by atoms with E-state index in [9.17, 15) is 8.78 Å². The third kappa shape index (κ3) is 2.37.